The summed E-state index contributed by atoms with van der Waals surface area (Å²) in [6, 6.07) is 14.3. The predicted molar refractivity (Wildman–Crippen MR) is 98.4 cm³/mol. The van der Waals surface area contributed by atoms with Crippen molar-refractivity contribution in [2.24, 2.45) is 0 Å². The fraction of sp³-hybridized carbons (Fsp3) is 0.263. The number of sulfone groups is 1. The lowest BCUT2D eigenvalue weighted by Crippen LogP contribution is -2.42. The Morgan fingerprint density at radius 1 is 1.00 bits per heavy atom. The number of carbonyl (C=O) groups is 2. The summed E-state index contributed by atoms with van der Waals surface area (Å²) in [7, 11) is -3.17. The second-order valence-electron chi connectivity index (χ2n) is 6.20. The summed E-state index contributed by atoms with van der Waals surface area (Å²) in [6.45, 7) is 1.62. The molecule has 2 rings (SSSR count). The number of aliphatic carboxylic acids is 1. The van der Waals surface area contributed by atoms with E-state index in [4.69, 9.17) is 0 Å². The summed E-state index contributed by atoms with van der Waals surface area (Å²) in [5.74, 6) is -1.63. The normalized spacial score (nSPS) is 12.4. The molecule has 1 amide bonds. The number of carboxylic acid groups (broad SMARTS) is 1. The molecule has 0 fully saturated rings. The number of carboxylic acids is 1. The van der Waals surface area contributed by atoms with Crippen LogP contribution in [0, 0.1) is 0 Å². The molecule has 0 aliphatic heterocycles. The van der Waals surface area contributed by atoms with Gasteiger partial charge in [0.05, 0.1) is 5.75 Å². The topological polar surface area (TPSA) is 91.8 Å². The smallest absolute Gasteiger partial charge is 0.326 e. The molecule has 138 valence electrons. The maximum absolute atomic E-state index is 12.8. The third kappa shape index (κ3) is 5.42. The molecule has 0 saturated heterocycles. The molecular formula is C19H21NO5S. The lowest BCUT2D eigenvalue weighted by molar-refractivity contribution is -0.141. The lowest BCUT2D eigenvalue weighted by atomic mass is 10.1. The first-order valence-electron chi connectivity index (χ1n) is 8.02. The zero-order chi connectivity index (χ0) is 19.3. The fourth-order valence-electron chi connectivity index (χ4n) is 2.51. The summed E-state index contributed by atoms with van der Waals surface area (Å²) in [6.07, 6.45) is 1.14. The van der Waals surface area contributed by atoms with Crippen molar-refractivity contribution in [1.82, 2.24) is 4.90 Å². The van der Waals surface area contributed by atoms with E-state index in [0.29, 0.717) is 11.1 Å². The Kier molecular flexibility index (Phi) is 6.15. The van der Waals surface area contributed by atoms with Gasteiger partial charge in [-0.15, -0.1) is 0 Å². The van der Waals surface area contributed by atoms with E-state index in [-0.39, 0.29) is 12.3 Å². The molecule has 0 spiro atoms. The van der Waals surface area contributed by atoms with Crippen LogP contribution in [-0.2, 0) is 26.9 Å². The van der Waals surface area contributed by atoms with Crippen LogP contribution in [0.5, 0.6) is 0 Å². The van der Waals surface area contributed by atoms with Gasteiger partial charge in [0.15, 0.2) is 9.84 Å². The minimum atomic E-state index is -3.17. The van der Waals surface area contributed by atoms with Crippen molar-refractivity contribution in [3.05, 3.63) is 71.3 Å². The van der Waals surface area contributed by atoms with Gasteiger partial charge in [0.2, 0.25) is 0 Å². The number of benzene rings is 2. The molecule has 0 saturated carbocycles. The third-order valence-corrected chi connectivity index (χ3v) is 4.77. The van der Waals surface area contributed by atoms with E-state index < -0.39 is 27.8 Å². The molecule has 6 nitrogen and oxygen atoms in total. The Morgan fingerprint density at radius 3 is 2.08 bits per heavy atom. The van der Waals surface area contributed by atoms with Crippen LogP contribution in [0.2, 0.25) is 0 Å². The van der Waals surface area contributed by atoms with E-state index in [1.807, 2.05) is 30.3 Å². The Labute approximate surface area is 153 Å². The van der Waals surface area contributed by atoms with Crippen molar-refractivity contribution in [1.29, 1.82) is 0 Å². The van der Waals surface area contributed by atoms with Gasteiger partial charge >= 0.3 is 5.97 Å². The monoisotopic (exact) mass is 375 g/mol. The summed E-state index contributed by atoms with van der Waals surface area (Å²) in [5.41, 5.74) is 1.71. The van der Waals surface area contributed by atoms with E-state index in [2.05, 4.69) is 0 Å². The van der Waals surface area contributed by atoms with Gasteiger partial charge in [0.25, 0.3) is 5.91 Å². The highest BCUT2D eigenvalue weighted by atomic mass is 32.2. The van der Waals surface area contributed by atoms with Gasteiger partial charge in [-0.05, 0) is 30.2 Å². The summed E-state index contributed by atoms with van der Waals surface area (Å²) >= 11 is 0. The highest BCUT2D eigenvalue weighted by molar-refractivity contribution is 7.89. The van der Waals surface area contributed by atoms with Gasteiger partial charge < -0.3 is 10.0 Å². The number of hydrogen-bond donors (Lipinski definition) is 1. The Bertz CT molecular complexity index is 876. The molecular weight excluding hydrogens is 354 g/mol. The predicted octanol–water partition coefficient (Wildman–Crippen LogP) is 2.35. The molecule has 0 aliphatic carbocycles. The van der Waals surface area contributed by atoms with Crippen molar-refractivity contribution in [3.63, 3.8) is 0 Å². The minimum absolute atomic E-state index is 0.110. The second kappa shape index (κ2) is 8.14. The second-order valence-corrected chi connectivity index (χ2v) is 8.34. The quantitative estimate of drug-likeness (QED) is 0.802. The molecule has 2 aromatic carbocycles. The Morgan fingerprint density at radius 2 is 1.58 bits per heavy atom. The van der Waals surface area contributed by atoms with Crippen LogP contribution in [0.1, 0.15) is 28.4 Å². The maximum atomic E-state index is 12.8. The Hall–Kier alpha value is -2.67. The first kappa shape index (κ1) is 19.7. The molecule has 0 radical (unpaired) electrons. The van der Waals surface area contributed by atoms with E-state index in [1.165, 1.54) is 24.0 Å². The van der Waals surface area contributed by atoms with Crippen LogP contribution in [0.25, 0.3) is 0 Å². The zero-order valence-corrected chi connectivity index (χ0v) is 15.4. The minimum Gasteiger partial charge on any atom is -0.480 e. The summed E-state index contributed by atoms with van der Waals surface area (Å²) in [5, 5.41) is 9.34. The average molecular weight is 375 g/mol. The molecule has 1 N–H and O–H groups in total. The average Bonchev–Trinajstić information content (AvgIpc) is 2.58. The van der Waals surface area contributed by atoms with Gasteiger partial charge in [0, 0.05) is 18.4 Å². The number of nitrogens with zero attached hydrogens (tertiary/aromatic N) is 1. The van der Waals surface area contributed by atoms with Crippen molar-refractivity contribution < 1.29 is 23.1 Å². The van der Waals surface area contributed by atoms with Crippen molar-refractivity contribution >= 4 is 21.7 Å². The molecule has 1 atom stereocenters. The summed E-state index contributed by atoms with van der Waals surface area (Å²) < 4.78 is 22.7. The first-order valence-corrected chi connectivity index (χ1v) is 10.1. The van der Waals surface area contributed by atoms with Crippen LogP contribution in [0.15, 0.2) is 54.6 Å². The van der Waals surface area contributed by atoms with Crippen molar-refractivity contribution in [2.45, 2.75) is 25.3 Å². The number of amides is 1. The van der Waals surface area contributed by atoms with Gasteiger partial charge in [-0.3, -0.25) is 4.79 Å². The molecule has 0 heterocycles. The van der Waals surface area contributed by atoms with E-state index >= 15 is 0 Å². The molecule has 0 bridgehead atoms. The summed E-state index contributed by atoms with van der Waals surface area (Å²) in [4.78, 5) is 25.5. The van der Waals surface area contributed by atoms with Crippen molar-refractivity contribution in [2.75, 3.05) is 6.26 Å². The highest BCUT2D eigenvalue weighted by Crippen LogP contribution is 2.15. The van der Waals surface area contributed by atoms with Crippen LogP contribution in [0.4, 0.5) is 0 Å². The first-order chi connectivity index (χ1) is 12.2. The standard InChI is InChI=1S/C19H21NO5S/c1-14(19(22)23)20(12-15-6-4-3-5-7-15)18(21)17-10-8-16(9-11-17)13-26(2,24)25/h3-11,14H,12-13H2,1-2H3,(H,22,23). The van der Waals surface area contributed by atoms with Crippen LogP contribution in [0.3, 0.4) is 0 Å². The molecule has 26 heavy (non-hydrogen) atoms. The zero-order valence-electron chi connectivity index (χ0n) is 14.6. The van der Waals surface area contributed by atoms with Crippen LogP contribution >= 0.6 is 0 Å². The van der Waals surface area contributed by atoms with Crippen molar-refractivity contribution in [3.8, 4) is 0 Å². The molecule has 7 heteroatoms. The molecule has 1 unspecified atom stereocenters. The third-order valence-electron chi connectivity index (χ3n) is 3.91. The number of carbonyl (C=O) groups excluding carboxylic acids is 1. The number of rotatable bonds is 7. The van der Waals surface area contributed by atoms with Gasteiger partial charge in [-0.1, -0.05) is 42.5 Å². The van der Waals surface area contributed by atoms with Gasteiger partial charge in [-0.25, -0.2) is 13.2 Å². The largest absolute Gasteiger partial charge is 0.480 e. The fourth-order valence-corrected chi connectivity index (χ4v) is 3.31. The number of hydrogen-bond acceptors (Lipinski definition) is 4. The maximum Gasteiger partial charge on any atom is 0.326 e. The van der Waals surface area contributed by atoms with Gasteiger partial charge in [-0.2, -0.15) is 0 Å². The van der Waals surface area contributed by atoms with E-state index in [9.17, 15) is 23.1 Å². The van der Waals surface area contributed by atoms with Crippen LogP contribution < -0.4 is 0 Å². The SMILES string of the molecule is CC(C(=O)O)N(Cc1ccccc1)C(=O)c1ccc(CS(C)(=O)=O)cc1. The highest BCUT2D eigenvalue weighted by Gasteiger charge is 2.26. The van der Waals surface area contributed by atoms with E-state index in [1.54, 1.807) is 12.1 Å². The molecule has 0 aromatic heterocycles. The Balaban J connectivity index is 2.26. The molecule has 0 aliphatic rings. The van der Waals surface area contributed by atoms with Gasteiger partial charge in [0.1, 0.15) is 6.04 Å². The lowest BCUT2D eigenvalue weighted by Gasteiger charge is -2.27. The van der Waals surface area contributed by atoms with E-state index in [0.717, 1.165) is 11.8 Å². The van der Waals surface area contributed by atoms with Crippen LogP contribution in [-0.4, -0.2) is 42.6 Å². The molecule has 2 aromatic rings.